The molecule has 1 aliphatic rings. The summed E-state index contributed by atoms with van der Waals surface area (Å²) in [6.45, 7) is 9.91. The maximum absolute atomic E-state index is 13.3. The lowest BCUT2D eigenvalue weighted by atomic mass is 9.94. The van der Waals surface area contributed by atoms with Gasteiger partial charge in [-0.1, -0.05) is 79.7 Å². The number of amides is 1. The number of nitrogens with one attached hydrogen (secondary N) is 2. The Kier molecular flexibility index (Phi) is 8.79. The predicted molar refractivity (Wildman–Crippen MR) is 171 cm³/mol. The smallest absolute Gasteiger partial charge is 0.274 e. The van der Waals surface area contributed by atoms with Gasteiger partial charge in [-0.05, 0) is 41.7 Å². The first-order valence-electron chi connectivity index (χ1n) is 15.2. The molecule has 0 saturated heterocycles. The van der Waals surface area contributed by atoms with Crippen LogP contribution in [0.15, 0.2) is 89.6 Å². The molecule has 3 heterocycles. The fourth-order valence-corrected chi connectivity index (χ4v) is 5.53. The van der Waals surface area contributed by atoms with Crippen molar-refractivity contribution < 1.29 is 18.8 Å². The second kappa shape index (κ2) is 13.2. The molecule has 6 rings (SSSR count). The van der Waals surface area contributed by atoms with Crippen LogP contribution >= 0.6 is 0 Å². The van der Waals surface area contributed by atoms with Crippen LogP contribution in [-0.4, -0.2) is 28.7 Å². The lowest BCUT2D eigenvalue weighted by molar-refractivity contribution is 0.0947. The summed E-state index contributed by atoms with van der Waals surface area (Å²) in [5.74, 6) is 1.68. The van der Waals surface area contributed by atoms with E-state index in [-0.39, 0.29) is 17.5 Å². The summed E-state index contributed by atoms with van der Waals surface area (Å²) in [6, 6.07) is 26.3. The SMILES string of the molecule is CCNC(=O)c1noc(-c2cc(C(C)C)c(OCc3ccccc3)cc2OCc2ccccc2)c1-c1cc2n(c1)CCNC2. The van der Waals surface area contributed by atoms with E-state index in [0.29, 0.717) is 36.8 Å². The zero-order valence-corrected chi connectivity index (χ0v) is 25.4. The van der Waals surface area contributed by atoms with Crippen molar-refractivity contribution in [2.45, 2.75) is 53.0 Å². The number of aromatic nitrogens is 2. The van der Waals surface area contributed by atoms with Gasteiger partial charge in [0, 0.05) is 49.7 Å². The van der Waals surface area contributed by atoms with E-state index in [0.717, 1.165) is 58.9 Å². The predicted octanol–water partition coefficient (Wildman–Crippen LogP) is 6.94. The van der Waals surface area contributed by atoms with Gasteiger partial charge in [-0.2, -0.15) is 0 Å². The molecule has 0 spiro atoms. The highest BCUT2D eigenvalue weighted by Gasteiger charge is 2.29. The van der Waals surface area contributed by atoms with Gasteiger partial charge in [0.05, 0.1) is 11.1 Å². The molecule has 44 heavy (non-hydrogen) atoms. The fourth-order valence-electron chi connectivity index (χ4n) is 5.53. The van der Waals surface area contributed by atoms with Crippen molar-refractivity contribution in [3.8, 4) is 33.9 Å². The Hall–Kier alpha value is -4.82. The van der Waals surface area contributed by atoms with Gasteiger partial charge < -0.3 is 29.2 Å². The largest absolute Gasteiger partial charge is 0.488 e. The Balaban J connectivity index is 1.49. The van der Waals surface area contributed by atoms with Crippen molar-refractivity contribution >= 4 is 5.91 Å². The van der Waals surface area contributed by atoms with E-state index in [1.807, 2.05) is 73.7 Å². The van der Waals surface area contributed by atoms with E-state index in [1.165, 1.54) is 0 Å². The van der Waals surface area contributed by atoms with E-state index in [4.69, 9.17) is 14.0 Å². The normalized spacial score (nSPS) is 12.6. The third-order valence-electron chi connectivity index (χ3n) is 7.81. The summed E-state index contributed by atoms with van der Waals surface area (Å²) in [5, 5.41) is 10.6. The molecule has 0 aliphatic carbocycles. The molecule has 8 nitrogen and oxygen atoms in total. The summed E-state index contributed by atoms with van der Waals surface area (Å²) in [5.41, 5.74) is 6.76. The second-order valence-corrected chi connectivity index (χ2v) is 11.3. The van der Waals surface area contributed by atoms with Crippen molar-refractivity contribution in [1.29, 1.82) is 0 Å². The Bertz CT molecular complexity index is 1700. The summed E-state index contributed by atoms with van der Waals surface area (Å²) < 4.78 is 21.2. The Morgan fingerprint density at radius 2 is 1.66 bits per heavy atom. The van der Waals surface area contributed by atoms with Crippen LogP contribution in [-0.2, 0) is 26.3 Å². The molecular weight excluding hydrogens is 552 g/mol. The summed E-state index contributed by atoms with van der Waals surface area (Å²) >= 11 is 0. The minimum absolute atomic E-state index is 0.143. The molecule has 226 valence electrons. The molecule has 8 heteroatoms. The first-order valence-corrected chi connectivity index (χ1v) is 15.2. The molecule has 1 amide bonds. The van der Waals surface area contributed by atoms with Crippen LogP contribution in [0.1, 0.15) is 59.6 Å². The number of benzene rings is 3. The fraction of sp³-hybridized carbons (Fsp3) is 0.278. The van der Waals surface area contributed by atoms with E-state index in [2.05, 4.69) is 52.5 Å². The summed E-state index contributed by atoms with van der Waals surface area (Å²) in [4.78, 5) is 13.3. The molecule has 2 aromatic heterocycles. The first-order chi connectivity index (χ1) is 21.5. The first kappa shape index (κ1) is 29.3. The number of hydrogen-bond acceptors (Lipinski definition) is 6. The zero-order valence-electron chi connectivity index (χ0n) is 25.4. The van der Waals surface area contributed by atoms with Crippen LogP contribution in [0.3, 0.4) is 0 Å². The van der Waals surface area contributed by atoms with Crippen LogP contribution in [0.4, 0.5) is 0 Å². The molecule has 3 aromatic carbocycles. The highest BCUT2D eigenvalue weighted by atomic mass is 16.5. The molecule has 0 atom stereocenters. The van der Waals surface area contributed by atoms with Crippen LogP contribution in [0.2, 0.25) is 0 Å². The van der Waals surface area contributed by atoms with Crippen LogP contribution in [0, 0.1) is 0 Å². The lowest BCUT2D eigenvalue weighted by Gasteiger charge is -2.19. The van der Waals surface area contributed by atoms with Gasteiger partial charge in [-0.15, -0.1) is 0 Å². The minimum atomic E-state index is -0.279. The van der Waals surface area contributed by atoms with E-state index >= 15 is 0 Å². The maximum Gasteiger partial charge on any atom is 0.274 e. The molecule has 0 bridgehead atoms. The lowest BCUT2D eigenvalue weighted by Crippen LogP contribution is -2.27. The minimum Gasteiger partial charge on any atom is -0.488 e. The van der Waals surface area contributed by atoms with Crippen molar-refractivity contribution in [3.63, 3.8) is 0 Å². The molecule has 0 saturated carbocycles. The van der Waals surface area contributed by atoms with Crippen LogP contribution < -0.4 is 20.1 Å². The average molecular weight is 591 g/mol. The highest BCUT2D eigenvalue weighted by Crippen LogP contribution is 2.45. The third-order valence-corrected chi connectivity index (χ3v) is 7.81. The maximum atomic E-state index is 13.3. The molecular formula is C36H38N4O4. The average Bonchev–Trinajstić information content (AvgIpc) is 3.68. The number of fused-ring (bicyclic) bond motifs is 1. The number of carbonyl (C=O) groups excluding carboxylic acids is 1. The van der Waals surface area contributed by atoms with Gasteiger partial charge in [-0.3, -0.25) is 4.79 Å². The van der Waals surface area contributed by atoms with E-state index in [1.54, 1.807) is 0 Å². The van der Waals surface area contributed by atoms with E-state index < -0.39 is 0 Å². The number of nitrogens with zero attached hydrogens (tertiary/aromatic N) is 2. The standard InChI is InChI=1S/C36H38N4O4/c1-4-38-36(41)34-33(27-17-28-20-37-15-16-40(28)21-27)35(44-39-34)30-18-29(24(2)3)31(42-22-25-11-7-5-8-12-25)19-32(30)43-23-26-13-9-6-10-14-26/h5-14,17-19,21,24,37H,4,15-16,20,22-23H2,1-3H3,(H,38,41). The highest BCUT2D eigenvalue weighted by molar-refractivity contribution is 6.02. The summed E-state index contributed by atoms with van der Waals surface area (Å²) in [6.07, 6.45) is 2.08. The quantitative estimate of drug-likeness (QED) is 0.173. The molecule has 0 unspecified atom stereocenters. The summed E-state index contributed by atoms with van der Waals surface area (Å²) in [7, 11) is 0. The number of hydrogen-bond donors (Lipinski definition) is 2. The number of rotatable bonds is 11. The Labute approximate surface area is 258 Å². The topological polar surface area (TPSA) is 90.6 Å². The monoisotopic (exact) mass is 590 g/mol. The van der Waals surface area contributed by atoms with Crippen molar-refractivity contribution in [3.05, 3.63) is 113 Å². The molecule has 2 N–H and O–H groups in total. The van der Waals surface area contributed by atoms with Gasteiger partial charge in [0.2, 0.25) is 0 Å². The third kappa shape index (κ3) is 6.26. The molecule has 0 radical (unpaired) electrons. The number of carbonyl (C=O) groups is 1. The van der Waals surface area contributed by atoms with Crippen molar-refractivity contribution in [2.75, 3.05) is 13.1 Å². The zero-order chi connectivity index (χ0) is 30.5. The molecule has 0 fully saturated rings. The van der Waals surface area contributed by atoms with Gasteiger partial charge in [-0.25, -0.2) is 0 Å². The van der Waals surface area contributed by atoms with Gasteiger partial charge in [0.15, 0.2) is 11.5 Å². The van der Waals surface area contributed by atoms with Gasteiger partial charge >= 0.3 is 0 Å². The Morgan fingerprint density at radius 3 is 2.30 bits per heavy atom. The number of ether oxygens (including phenoxy) is 2. The second-order valence-electron chi connectivity index (χ2n) is 11.3. The van der Waals surface area contributed by atoms with Gasteiger partial charge in [0.25, 0.3) is 5.91 Å². The molecule has 1 aliphatic heterocycles. The Morgan fingerprint density at radius 1 is 0.977 bits per heavy atom. The van der Waals surface area contributed by atoms with Crippen molar-refractivity contribution in [1.82, 2.24) is 20.4 Å². The van der Waals surface area contributed by atoms with Gasteiger partial charge in [0.1, 0.15) is 24.7 Å². The van der Waals surface area contributed by atoms with Crippen LogP contribution in [0.5, 0.6) is 11.5 Å². The van der Waals surface area contributed by atoms with E-state index in [9.17, 15) is 4.79 Å². The van der Waals surface area contributed by atoms with Crippen molar-refractivity contribution in [2.24, 2.45) is 0 Å². The van der Waals surface area contributed by atoms with Crippen LogP contribution in [0.25, 0.3) is 22.5 Å². The molecule has 5 aromatic rings.